The van der Waals surface area contributed by atoms with E-state index in [0.29, 0.717) is 5.69 Å². The van der Waals surface area contributed by atoms with E-state index in [0.717, 1.165) is 12.1 Å². The van der Waals surface area contributed by atoms with Crippen LogP contribution in [0, 0.1) is 11.6 Å². The van der Waals surface area contributed by atoms with E-state index in [1.165, 1.54) is 22.9 Å². The van der Waals surface area contributed by atoms with Gasteiger partial charge in [-0.25, -0.2) is 13.6 Å². The van der Waals surface area contributed by atoms with Crippen molar-refractivity contribution in [2.75, 3.05) is 0 Å². The molecular weight excluding hydrogens is 264 g/mol. The number of halogens is 3. The lowest BCUT2D eigenvalue weighted by molar-refractivity contribution is 0.565. The van der Waals surface area contributed by atoms with Crippen LogP contribution < -0.4 is 0 Å². The summed E-state index contributed by atoms with van der Waals surface area (Å²) in [6.07, 6.45) is 1.35. The maximum atomic E-state index is 13.5. The van der Waals surface area contributed by atoms with Gasteiger partial charge in [-0.05, 0) is 12.1 Å². The molecule has 0 N–H and O–H groups in total. The van der Waals surface area contributed by atoms with E-state index in [2.05, 4.69) is 10.1 Å². The van der Waals surface area contributed by atoms with Crippen LogP contribution in [-0.4, -0.2) is 15.9 Å². The molecule has 4 nitrogen and oxygen atoms in total. The minimum absolute atomic E-state index is 0. The van der Waals surface area contributed by atoms with Gasteiger partial charge in [0, 0.05) is 24.7 Å². The zero-order valence-corrected chi connectivity index (χ0v) is 10.0. The Kier molecular flexibility index (Phi) is 4.31. The summed E-state index contributed by atoms with van der Waals surface area (Å²) >= 11 is 0. The zero-order valence-electron chi connectivity index (χ0n) is 9.22. The topological polar surface area (TPSA) is 47.2 Å². The van der Waals surface area contributed by atoms with E-state index >= 15 is 0 Å². The third-order valence-electron chi connectivity index (χ3n) is 2.23. The summed E-state index contributed by atoms with van der Waals surface area (Å²) in [5.74, 6) is -1.23. The number of hydrogen-bond donors (Lipinski definition) is 0. The van der Waals surface area contributed by atoms with E-state index < -0.39 is 11.6 Å². The number of rotatable bonds is 2. The van der Waals surface area contributed by atoms with Crippen LogP contribution in [0.15, 0.2) is 29.3 Å². The lowest BCUT2D eigenvalue weighted by Crippen LogP contribution is -1.95. The molecule has 0 aliphatic carbocycles. The van der Waals surface area contributed by atoms with Crippen molar-refractivity contribution in [2.24, 2.45) is 12.0 Å². The highest BCUT2D eigenvalue weighted by molar-refractivity contribution is 5.85. The lowest BCUT2D eigenvalue weighted by Gasteiger charge is -2.02. The van der Waals surface area contributed by atoms with E-state index in [-0.39, 0.29) is 23.8 Å². The molecule has 0 aliphatic rings. The Hall–Kier alpha value is -2.04. The van der Waals surface area contributed by atoms with Gasteiger partial charge in [-0.15, -0.1) is 17.4 Å². The standard InChI is InChI=1S/C11H7F2N3O.ClH/c1-16-10(5-11(15-16)14-6-17)8-3-2-7(12)4-9(8)13;/h2-5H,1H3;1H. The Labute approximate surface area is 107 Å². The second-order valence-electron chi connectivity index (χ2n) is 3.34. The Bertz CT molecular complexity index is 621. The molecule has 7 heteroatoms. The molecule has 94 valence electrons. The van der Waals surface area contributed by atoms with Gasteiger partial charge in [-0.1, -0.05) is 0 Å². The molecule has 1 heterocycles. The molecule has 2 aromatic rings. The SMILES string of the molecule is Cl.Cn1nc(N=C=O)cc1-c1ccc(F)cc1F. The summed E-state index contributed by atoms with van der Waals surface area (Å²) in [4.78, 5) is 13.4. The van der Waals surface area contributed by atoms with Gasteiger partial charge in [-0.2, -0.15) is 5.10 Å². The van der Waals surface area contributed by atoms with Crippen molar-refractivity contribution in [3.05, 3.63) is 35.9 Å². The van der Waals surface area contributed by atoms with Crippen molar-refractivity contribution in [3.8, 4) is 11.3 Å². The number of benzene rings is 1. The highest BCUT2D eigenvalue weighted by Crippen LogP contribution is 2.26. The number of nitrogens with zero attached hydrogens (tertiary/aromatic N) is 3. The van der Waals surface area contributed by atoms with Crippen LogP contribution in [0.25, 0.3) is 11.3 Å². The number of aliphatic imine (C=N–C) groups is 1. The summed E-state index contributed by atoms with van der Waals surface area (Å²) in [6.45, 7) is 0. The third kappa shape index (κ3) is 2.61. The normalized spacial score (nSPS) is 9.50. The maximum Gasteiger partial charge on any atom is 0.242 e. The predicted molar refractivity (Wildman–Crippen MR) is 63.6 cm³/mol. The van der Waals surface area contributed by atoms with Crippen molar-refractivity contribution < 1.29 is 13.6 Å². The fraction of sp³-hybridized carbons (Fsp3) is 0.0909. The molecule has 0 fully saturated rings. The number of carbonyl (C=O) groups excluding carboxylic acids is 1. The monoisotopic (exact) mass is 271 g/mol. The fourth-order valence-electron chi connectivity index (χ4n) is 1.50. The molecule has 0 radical (unpaired) electrons. The van der Waals surface area contributed by atoms with Gasteiger partial charge in [0.2, 0.25) is 6.08 Å². The van der Waals surface area contributed by atoms with Crippen LogP contribution in [-0.2, 0) is 11.8 Å². The molecule has 2 rings (SSSR count). The number of aryl methyl sites for hydroxylation is 1. The molecule has 0 atom stereocenters. The van der Waals surface area contributed by atoms with Crippen molar-refractivity contribution in [1.82, 2.24) is 9.78 Å². The maximum absolute atomic E-state index is 13.5. The Balaban J connectivity index is 0.00000162. The molecule has 0 saturated carbocycles. The van der Waals surface area contributed by atoms with Crippen molar-refractivity contribution in [1.29, 1.82) is 0 Å². The number of hydrogen-bond acceptors (Lipinski definition) is 3. The van der Waals surface area contributed by atoms with Crippen LogP contribution in [0.4, 0.5) is 14.6 Å². The summed E-state index contributed by atoms with van der Waals surface area (Å²) < 4.78 is 27.6. The zero-order chi connectivity index (χ0) is 12.4. The van der Waals surface area contributed by atoms with Crippen molar-refractivity contribution >= 4 is 24.3 Å². The van der Waals surface area contributed by atoms with E-state index in [9.17, 15) is 13.6 Å². The Morgan fingerprint density at radius 2 is 2.06 bits per heavy atom. The van der Waals surface area contributed by atoms with Gasteiger partial charge in [0.1, 0.15) is 11.6 Å². The second-order valence-corrected chi connectivity index (χ2v) is 3.34. The largest absolute Gasteiger partial charge is 0.266 e. The van der Waals surface area contributed by atoms with Crippen molar-refractivity contribution in [2.45, 2.75) is 0 Å². The summed E-state index contributed by atoms with van der Waals surface area (Å²) in [6, 6.07) is 4.65. The molecule has 0 aliphatic heterocycles. The Morgan fingerprint density at radius 3 is 2.67 bits per heavy atom. The van der Waals surface area contributed by atoms with Crippen LogP contribution in [0.5, 0.6) is 0 Å². The average molecular weight is 272 g/mol. The van der Waals surface area contributed by atoms with Crippen molar-refractivity contribution in [3.63, 3.8) is 0 Å². The highest BCUT2D eigenvalue weighted by Gasteiger charge is 2.12. The molecule has 0 amide bonds. The smallest absolute Gasteiger partial charge is 0.242 e. The summed E-state index contributed by atoms with van der Waals surface area (Å²) in [5.41, 5.74) is 0.588. The molecule has 0 saturated heterocycles. The molecule has 18 heavy (non-hydrogen) atoms. The predicted octanol–water partition coefficient (Wildman–Crippen LogP) is 2.75. The van der Waals surface area contributed by atoms with Gasteiger partial charge < -0.3 is 0 Å². The van der Waals surface area contributed by atoms with Gasteiger partial charge in [0.25, 0.3) is 0 Å². The van der Waals surface area contributed by atoms with Crippen LogP contribution in [0.1, 0.15) is 0 Å². The highest BCUT2D eigenvalue weighted by atomic mass is 35.5. The summed E-state index contributed by atoms with van der Waals surface area (Å²) in [5, 5.41) is 3.87. The first-order valence-electron chi connectivity index (χ1n) is 4.69. The van der Waals surface area contributed by atoms with Gasteiger partial charge in [0.05, 0.1) is 5.69 Å². The van der Waals surface area contributed by atoms with Gasteiger partial charge in [-0.3, -0.25) is 4.68 Å². The Morgan fingerprint density at radius 1 is 1.33 bits per heavy atom. The van der Waals surface area contributed by atoms with E-state index in [1.807, 2.05) is 0 Å². The first-order valence-corrected chi connectivity index (χ1v) is 4.69. The fourth-order valence-corrected chi connectivity index (χ4v) is 1.50. The molecule has 0 bridgehead atoms. The van der Waals surface area contributed by atoms with E-state index in [1.54, 1.807) is 7.05 Å². The molecule has 1 aromatic heterocycles. The minimum Gasteiger partial charge on any atom is -0.266 e. The molecule has 1 aromatic carbocycles. The first kappa shape index (κ1) is 14.0. The minimum atomic E-state index is -0.699. The van der Waals surface area contributed by atoms with Crippen LogP contribution in [0.3, 0.4) is 0 Å². The third-order valence-corrected chi connectivity index (χ3v) is 2.23. The van der Waals surface area contributed by atoms with Gasteiger partial charge in [0.15, 0.2) is 5.82 Å². The van der Waals surface area contributed by atoms with Crippen LogP contribution in [0.2, 0.25) is 0 Å². The second kappa shape index (κ2) is 5.53. The molecule has 0 unspecified atom stereocenters. The van der Waals surface area contributed by atoms with E-state index in [4.69, 9.17) is 0 Å². The molecule has 0 spiro atoms. The molecular formula is C11H8ClF2N3O. The number of aromatic nitrogens is 2. The quantitative estimate of drug-likeness (QED) is 0.623. The first-order chi connectivity index (χ1) is 8.11. The lowest BCUT2D eigenvalue weighted by atomic mass is 10.1. The average Bonchev–Trinajstić information content (AvgIpc) is 2.60. The van der Waals surface area contributed by atoms with Crippen LogP contribution >= 0.6 is 12.4 Å². The summed E-state index contributed by atoms with van der Waals surface area (Å²) in [7, 11) is 1.57. The number of isocyanates is 1. The van der Waals surface area contributed by atoms with Gasteiger partial charge >= 0.3 is 0 Å².